The first-order chi connectivity index (χ1) is 9.36. The molecule has 0 aliphatic rings. The zero-order valence-electron chi connectivity index (χ0n) is 10.8. The summed E-state index contributed by atoms with van der Waals surface area (Å²) in [5.41, 5.74) is 0.299. The van der Waals surface area contributed by atoms with Gasteiger partial charge in [-0.2, -0.15) is 0 Å². The number of nitro benzene ring substituents is 1. The number of hydrogen-bond acceptors (Lipinski definition) is 5. The fraction of sp³-hybridized carbons (Fsp3) is 0.333. The number of halogens is 1. The molecule has 0 aliphatic heterocycles. The highest BCUT2D eigenvalue weighted by atomic mass is 35.5. The molecule has 1 amide bonds. The molecule has 7 nitrogen and oxygen atoms in total. The van der Waals surface area contributed by atoms with Crippen LogP contribution in [0.5, 0.6) is 0 Å². The van der Waals surface area contributed by atoms with E-state index in [-0.39, 0.29) is 5.69 Å². The number of alkyl halides is 1. The second-order valence-electron chi connectivity index (χ2n) is 3.96. The van der Waals surface area contributed by atoms with Crippen molar-refractivity contribution in [2.45, 2.75) is 18.3 Å². The van der Waals surface area contributed by atoms with Gasteiger partial charge in [-0.3, -0.25) is 14.9 Å². The van der Waals surface area contributed by atoms with E-state index in [1.807, 2.05) is 0 Å². The first kappa shape index (κ1) is 15.9. The van der Waals surface area contributed by atoms with Crippen LogP contribution in [0.15, 0.2) is 24.3 Å². The largest absolute Gasteiger partial charge is 0.467 e. The number of amides is 1. The quantitative estimate of drug-likeness (QED) is 0.385. The lowest BCUT2D eigenvalue weighted by atomic mass is 10.1. The van der Waals surface area contributed by atoms with Crippen molar-refractivity contribution in [2.24, 2.45) is 0 Å². The predicted molar refractivity (Wildman–Crippen MR) is 71.3 cm³/mol. The molecular formula is C12H13ClN2O5. The summed E-state index contributed by atoms with van der Waals surface area (Å²) in [7, 11) is 1.21. The minimum atomic E-state index is -1.05. The van der Waals surface area contributed by atoms with E-state index in [0.717, 1.165) is 0 Å². The summed E-state index contributed by atoms with van der Waals surface area (Å²) in [5, 5.41) is 11.8. The van der Waals surface area contributed by atoms with E-state index < -0.39 is 28.2 Å². The van der Waals surface area contributed by atoms with E-state index in [9.17, 15) is 19.7 Å². The minimum absolute atomic E-state index is 0.0963. The lowest BCUT2D eigenvalue weighted by molar-refractivity contribution is -0.384. The van der Waals surface area contributed by atoms with E-state index in [4.69, 9.17) is 11.6 Å². The summed E-state index contributed by atoms with van der Waals surface area (Å²) in [6, 6.07) is 4.45. The van der Waals surface area contributed by atoms with Gasteiger partial charge in [0.2, 0.25) is 5.91 Å². The zero-order chi connectivity index (χ0) is 15.3. The molecule has 0 bridgehead atoms. The van der Waals surface area contributed by atoms with E-state index >= 15 is 0 Å². The predicted octanol–water partition coefficient (Wildman–Crippen LogP) is 1.55. The van der Waals surface area contributed by atoms with Crippen LogP contribution in [-0.2, 0) is 14.3 Å². The summed E-state index contributed by atoms with van der Waals surface area (Å²) in [5.74, 6) is -1.18. The molecule has 8 heteroatoms. The number of carbonyl (C=O) groups excluding carboxylic acids is 2. The Morgan fingerprint density at radius 2 is 1.90 bits per heavy atom. The molecule has 108 valence electrons. The molecule has 0 saturated carbocycles. The molecule has 1 aromatic rings. The summed E-state index contributed by atoms with van der Waals surface area (Å²) in [6.45, 7) is 1.46. The monoisotopic (exact) mass is 300 g/mol. The third-order valence-electron chi connectivity index (χ3n) is 2.54. The highest BCUT2D eigenvalue weighted by Crippen LogP contribution is 2.23. The van der Waals surface area contributed by atoms with Crippen molar-refractivity contribution in [1.29, 1.82) is 0 Å². The Labute approximate surface area is 120 Å². The molecule has 0 heterocycles. The summed E-state index contributed by atoms with van der Waals surface area (Å²) in [6.07, 6.45) is 0. The molecule has 0 fully saturated rings. The number of benzene rings is 1. The SMILES string of the molecule is COC(=O)[C@@H](C)NC(=O)[C@@H](Cl)c1ccc([N+](=O)[O-])cc1. The first-order valence-electron chi connectivity index (χ1n) is 5.63. The van der Waals surface area contributed by atoms with Gasteiger partial charge in [-0.05, 0) is 12.5 Å². The number of nitrogens with one attached hydrogen (secondary N) is 1. The van der Waals surface area contributed by atoms with Gasteiger partial charge in [-0.1, -0.05) is 12.1 Å². The van der Waals surface area contributed by atoms with Crippen molar-refractivity contribution in [3.63, 3.8) is 0 Å². The van der Waals surface area contributed by atoms with Crippen LogP contribution < -0.4 is 5.32 Å². The molecule has 0 spiro atoms. The van der Waals surface area contributed by atoms with Crippen molar-refractivity contribution < 1.29 is 19.2 Å². The number of esters is 1. The van der Waals surface area contributed by atoms with Gasteiger partial charge in [-0.25, -0.2) is 4.79 Å². The summed E-state index contributed by atoms with van der Waals surface area (Å²) >= 11 is 5.95. The van der Waals surface area contributed by atoms with Gasteiger partial charge >= 0.3 is 5.97 Å². The van der Waals surface area contributed by atoms with Gasteiger partial charge in [0.25, 0.3) is 5.69 Å². The van der Waals surface area contributed by atoms with Crippen molar-refractivity contribution in [3.8, 4) is 0 Å². The van der Waals surface area contributed by atoms with Crippen molar-refractivity contribution in [3.05, 3.63) is 39.9 Å². The average molecular weight is 301 g/mol. The zero-order valence-corrected chi connectivity index (χ0v) is 11.6. The standard InChI is InChI=1S/C12H13ClN2O5/c1-7(12(17)20-2)14-11(16)10(13)8-3-5-9(6-4-8)15(18)19/h3-7,10H,1-2H3,(H,14,16)/t7-,10+/m1/s1. The summed E-state index contributed by atoms with van der Waals surface area (Å²) in [4.78, 5) is 32.9. The summed E-state index contributed by atoms with van der Waals surface area (Å²) < 4.78 is 4.47. The van der Waals surface area contributed by atoms with Crippen LogP contribution >= 0.6 is 11.6 Å². The van der Waals surface area contributed by atoms with E-state index in [2.05, 4.69) is 10.1 Å². The third-order valence-corrected chi connectivity index (χ3v) is 2.99. The topological polar surface area (TPSA) is 98.5 Å². The van der Waals surface area contributed by atoms with E-state index in [1.165, 1.54) is 38.3 Å². The van der Waals surface area contributed by atoms with Gasteiger partial charge in [0.05, 0.1) is 12.0 Å². The van der Waals surface area contributed by atoms with Crippen LogP contribution in [0.25, 0.3) is 0 Å². The van der Waals surface area contributed by atoms with Crippen LogP contribution in [0.4, 0.5) is 5.69 Å². The highest BCUT2D eigenvalue weighted by molar-refractivity contribution is 6.30. The molecule has 2 atom stereocenters. The molecule has 0 aliphatic carbocycles. The number of methoxy groups -OCH3 is 1. The van der Waals surface area contributed by atoms with E-state index in [1.54, 1.807) is 0 Å². The molecule has 0 unspecified atom stereocenters. The Morgan fingerprint density at radius 3 is 2.35 bits per heavy atom. The molecule has 1 rings (SSSR count). The Kier molecular flexibility index (Phi) is 5.45. The number of rotatable bonds is 5. The van der Waals surface area contributed by atoms with Crippen molar-refractivity contribution >= 4 is 29.2 Å². The number of nitro groups is 1. The Hall–Kier alpha value is -2.15. The van der Waals surface area contributed by atoms with Crippen LogP contribution in [0.2, 0.25) is 0 Å². The fourth-order valence-corrected chi connectivity index (χ4v) is 1.65. The third kappa shape index (κ3) is 3.92. The van der Waals surface area contributed by atoms with Crippen LogP contribution in [0.1, 0.15) is 17.9 Å². The Morgan fingerprint density at radius 1 is 1.35 bits per heavy atom. The van der Waals surface area contributed by atoms with Gasteiger partial charge in [0.1, 0.15) is 11.4 Å². The number of carbonyl (C=O) groups is 2. The number of non-ortho nitro benzene ring substituents is 1. The minimum Gasteiger partial charge on any atom is -0.467 e. The Bertz CT molecular complexity index is 517. The molecule has 0 radical (unpaired) electrons. The smallest absolute Gasteiger partial charge is 0.328 e. The second-order valence-corrected chi connectivity index (χ2v) is 4.40. The van der Waals surface area contributed by atoms with Crippen LogP contribution in [-0.4, -0.2) is 30.0 Å². The van der Waals surface area contributed by atoms with Crippen LogP contribution in [0.3, 0.4) is 0 Å². The maximum Gasteiger partial charge on any atom is 0.328 e. The molecule has 0 saturated heterocycles. The average Bonchev–Trinajstić information content (AvgIpc) is 2.45. The highest BCUT2D eigenvalue weighted by Gasteiger charge is 2.23. The maximum absolute atomic E-state index is 11.8. The fourth-order valence-electron chi connectivity index (χ4n) is 1.44. The second kappa shape index (κ2) is 6.85. The maximum atomic E-state index is 11.8. The lowest BCUT2D eigenvalue weighted by Gasteiger charge is -2.14. The van der Waals surface area contributed by atoms with Crippen LogP contribution in [0, 0.1) is 10.1 Å². The van der Waals surface area contributed by atoms with Gasteiger partial charge < -0.3 is 10.1 Å². The van der Waals surface area contributed by atoms with E-state index in [0.29, 0.717) is 5.56 Å². The van der Waals surface area contributed by atoms with Crippen molar-refractivity contribution in [2.75, 3.05) is 7.11 Å². The number of hydrogen-bond donors (Lipinski definition) is 1. The first-order valence-corrected chi connectivity index (χ1v) is 6.07. The number of nitrogens with zero attached hydrogens (tertiary/aromatic N) is 1. The number of ether oxygens (including phenoxy) is 1. The molecule has 1 N–H and O–H groups in total. The van der Waals surface area contributed by atoms with Gasteiger partial charge in [0.15, 0.2) is 0 Å². The molecule has 1 aromatic carbocycles. The van der Waals surface area contributed by atoms with Gasteiger partial charge in [0, 0.05) is 12.1 Å². The Balaban J connectivity index is 2.74. The van der Waals surface area contributed by atoms with Gasteiger partial charge in [-0.15, -0.1) is 11.6 Å². The normalized spacial score (nSPS) is 13.2. The molecule has 0 aromatic heterocycles. The van der Waals surface area contributed by atoms with Crippen molar-refractivity contribution in [1.82, 2.24) is 5.32 Å². The molecular weight excluding hydrogens is 288 g/mol. The lowest BCUT2D eigenvalue weighted by Crippen LogP contribution is -2.40. The molecule has 20 heavy (non-hydrogen) atoms.